The zero-order valence-electron chi connectivity index (χ0n) is 22.7. The monoisotopic (exact) mass is 556 g/mol. The Morgan fingerprint density at radius 1 is 1.07 bits per heavy atom. The number of rotatable bonds is 6. The van der Waals surface area contributed by atoms with Crippen LogP contribution in [0.15, 0.2) is 60.7 Å². The molecule has 0 saturated carbocycles. The molecular formula is C31H33ClN6O2. The molecular weight excluding hydrogens is 524 g/mol. The number of hydrogen-bond acceptors (Lipinski definition) is 5. The molecule has 6 rings (SSSR count). The minimum absolute atomic E-state index is 0.0594. The molecule has 3 atom stereocenters. The minimum atomic E-state index is -0.539. The second-order valence-corrected chi connectivity index (χ2v) is 11.5. The van der Waals surface area contributed by atoms with Crippen LogP contribution in [0.5, 0.6) is 0 Å². The van der Waals surface area contributed by atoms with Crippen LogP contribution in [-0.2, 0) is 36.0 Å². The van der Waals surface area contributed by atoms with Crippen LogP contribution in [0.25, 0.3) is 11.0 Å². The van der Waals surface area contributed by atoms with Crippen molar-refractivity contribution in [2.24, 2.45) is 13.0 Å². The number of likely N-dealkylation sites (tertiary alicyclic amines) is 1. The van der Waals surface area contributed by atoms with Crippen molar-refractivity contribution >= 4 is 34.4 Å². The highest BCUT2D eigenvalue weighted by Gasteiger charge is 2.42. The standard InChI is InChI=1S/C31H33ClN6O2/c1-19-3-5-20(6-4-19)13-22-15-28(30(39)34-17-21-7-10-27-26(14-21)35-36-37(27)2)38(18-22)31(40)29-25-9-8-24(32)16-23(25)11-12-33-29/h3-10,14,16,22,28-29,33H,11-13,15,17-18H2,1-2H3,(H,34,39)/t22-,28+,29?/m1/s1. The molecule has 8 nitrogen and oxygen atoms in total. The average Bonchev–Trinajstić information content (AvgIpc) is 3.55. The zero-order valence-corrected chi connectivity index (χ0v) is 23.5. The van der Waals surface area contributed by atoms with Gasteiger partial charge in [-0.2, -0.15) is 0 Å². The van der Waals surface area contributed by atoms with Crippen LogP contribution in [-0.4, -0.2) is 50.8 Å². The first-order valence-electron chi connectivity index (χ1n) is 13.8. The summed E-state index contributed by atoms with van der Waals surface area (Å²) < 4.78 is 1.72. The molecule has 2 amide bonds. The molecule has 0 bridgehead atoms. The molecule has 2 aliphatic rings. The molecule has 4 aromatic rings. The van der Waals surface area contributed by atoms with Crippen molar-refractivity contribution in [2.75, 3.05) is 13.1 Å². The molecule has 3 aromatic carbocycles. The number of nitrogens with one attached hydrogen (secondary N) is 2. The molecule has 206 valence electrons. The molecule has 0 spiro atoms. The second kappa shape index (κ2) is 11.0. The van der Waals surface area contributed by atoms with E-state index >= 15 is 0 Å². The first-order valence-corrected chi connectivity index (χ1v) is 14.2. The first kappa shape index (κ1) is 26.5. The predicted octanol–water partition coefficient (Wildman–Crippen LogP) is 3.89. The number of aryl methyl sites for hydroxylation is 2. The Morgan fingerprint density at radius 3 is 2.70 bits per heavy atom. The molecule has 3 heterocycles. The molecule has 2 aliphatic heterocycles. The third kappa shape index (κ3) is 5.33. The normalized spacial score (nSPS) is 20.5. The summed E-state index contributed by atoms with van der Waals surface area (Å²) in [5.74, 6) is -0.00595. The van der Waals surface area contributed by atoms with Gasteiger partial charge in [-0.05, 0) is 78.6 Å². The van der Waals surface area contributed by atoms with Gasteiger partial charge in [0, 0.05) is 31.7 Å². The maximum atomic E-state index is 14.1. The van der Waals surface area contributed by atoms with Crippen molar-refractivity contribution in [1.82, 2.24) is 30.5 Å². The number of benzene rings is 3. The fourth-order valence-electron chi connectivity index (χ4n) is 6.04. The third-order valence-electron chi connectivity index (χ3n) is 8.17. The van der Waals surface area contributed by atoms with Crippen molar-refractivity contribution < 1.29 is 9.59 Å². The Bertz CT molecular complexity index is 1570. The molecule has 1 fully saturated rings. The summed E-state index contributed by atoms with van der Waals surface area (Å²) in [6.07, 6.45) is 2.26. The summed E-state index contributed by atoms with van der Waals surface area (Å²) in [6.45, 7) is 3.66. The molecule has 0 aliphatic carbocycles. The first-order chi connectivity index (χ1) is 19.4. The van der Waals surface area contributed by atoms with Gasteiger partial charge in [-0.15, -0.1) is 5.10 Å². The van der Waals surface area contributed by atoms with E-state index in [0.29, 0.717) is 31.1 Å². The minimum Gasteiger partial charge on any atom is -0.350 e. The number of carbonyl (C=O) groups excluding carboxylic acids is 2. The largest absolute Gasteiger partial charge is 0.350 e. The highest BCUT2D eigenvalue weighted by molar-refractivity contribution is 6.30. The number of hydrogen-bond donors (Lipinski definition) is 2. The summed E-state index contributed by atoms with van der Waals surface area (Å²) >= 11 is 6.24. The van der Waals surface area contributed by atoms with E-state index < -0.39 is 12.1 Å². The smallest absolute Gasteiger partial charge is 0.245 e. The number of amides is 2. The average molecular weight is 557 g/mol. The molecule has 40 heavy (non-hydrogen) atoms. The van der Waals surface area contributed by atoms with E-state index in [1.807, 2.05) is 43.4 Å². The molecule has 1 saturated heterocycles. The number of nitrogens with zero attached hydrogens (tertiary/aromatic N) is 4. The topological polar surface area (TPSA) is 92.2 Å². The van der Waals surface area contributed by atoms with E-state index in [9.17, 15) is 9.59 Å². The quantitative estimate of drug-likeness (QED) is 0.376. The van der Waals surface area contributed by atoms with Gasteiger partial charge in [0.05, 0.1) is 5.52 Å². The summed E-state index contributed by atoms with van der Waals surface area (Å²) in [7, 11) is 1.85. The second-order valence-electron chi connectivity index (χ2n) is 11.0. The van der Waals surface area contributed by atoms with Crippen LogP contribution >= 0.6 is 11.6 Å². The summed E-state index contributed by atoms with van der Waals surface area (Å²) in [6, 6.07) is 19.0. The fourth-order valence-corrected chi connectivity index (χ4v) is 6.24. The van der Waals surface area contributed by atoms with Gasteiger partial charge in [0.15, 0.2) is 0 Å². The van der Waals surface area contributed by atoms with Crippen LogP contribution in [0.4, 0.5) is 0 Å². The van der Waals surface area contributed by atoms with Crippen molar-refractivity contribution in [3.8, 4) is 0 Å². The van der Waals surface area contributed by atoms with Crippen LogP contribution < -0.4 is 10.6 Å². The molecule has 9 heteroatoms. The van der Waals surface area contributed by atoms with Crippen LogP contribution in [0.1, 0.15) is 40.3 Å². The molecule has 1 aromatic heterocycles. The summed E-state index contributed by atoms with van der Waals surface area (Å²) in [5, 5.41) is 15.4. The van der Waals surface area contributed by atoms with Gasteiger partial charge in [0.25, 0.3) is 0 Å². The van der Waals surface area contributed by atoms with Crippen molar-refractivity contribution in [2.45, 2.75) is 44.8 Å². The zero-order chi connectivity index (χ0) is 27.8. The van der Waals surface area contributed by atoms with E-state index in [1.165, 1.54) is 11.1 Å². The number of halogens is 1. The van der Waals surface area contributed by atoms with Crippen LogP contribution in [0.2, 0.25) is 5.02 Å². The van der Waals surface area contributed by atoms with Crippen molar-refractivity contribution in [3.63, 3.8) is 0 Å². The lowest BCUT2D eigenvalue weighted by atomic mass is 9.93. The maximum Gasteiger partial charge on any atom is 0.245 e. The highest BCUT2D eigenvalue weighted by atomic mass is 35.5. The SMILES string of the molecule is Cc1ccc(C[C@@H]2C[C@@H](C(=O)NCc3ccc4c(c3)nnn4C)N(C(=O)C3NCCc4cc(Cl)ccc43)C2)cc1. The number of aromatic nitrogens is 3. The highest BCUT2D eigenvalue weighted by Crippen LogP contribution is 2.33. The van der Waals surface area contributed by atoms with Gasteiger partial charge < -0.3 is 15.5 Å². The Labute approximate surface area is 238 Å². The molecule has 1 unspecified atom stereocenters. The van der Waals surface area contributed by atoms with Crippen molar-refractivity contribution in [1.29, 1.82) is 0 Å². The molecule has 0 radical (unpaired) electrons. The van der Waals surface area contributed by atoms with Crippen molar-refractivity contribution in [3.05, 3.63) is 93.5 Å². The van der Waals surface area contributed by atoms with Gasteiger partial charge in [0.1, 0.15) is 17.6 Å². The van der Waals surface area contributed by atoms with E-state index in [0.717, 1.165) is 40.6 Å². The Kier molecular flexibility index (Phi) is 7.29. The number of fused-ring (bicyclic) bond motifs is 2. The van der Waals surface area contributed by atoms with Crippen LogP contribution in [0, 0.1) is 12.8 Å². The summed E-state index contributed by atoms with van der Waals surface area (Å²) in [5.41, 5.74) is 7.12. The Balaban J connectivity index is 1.22. The van der Waals surface area contributed by atoms with Crippen LogP contribution in [0.3, 0.4) is 0 Å². The fraction of sp³-hybridized carbons (Fsp3) is 0.355. The lowest BCUT2D eigenvalue weighted by molar-refractivity contribution is -0.140. The van der Waals surface area contributed by atoms with Gasteiger partial charge in [-0.1, -0.05) is 58.8 Å². The number of carbonyl (C=O) groups is 2. The van der Waals surface area contributed by atoms with Gasteiger partial charge >= 0.3 is 0 Å². The van der Waals surface area contributed by atoms with Gasteiger partial charge in [-0.25, -0.2) is 4.68 Å². The van der Waals surface area contributed by atoms with Gasteiger partial charge in [0.2, 0.25) is 11.8 Å². The van der Waals surface area contributed by atoms with E-state index in [2.05, 4.69) is 52.1 Å². The predicted molar refractivity (Wildman–Crippen MR) is 155 cm³/mol. The molecule has 2 N–H and O–H groups in total. The van der Waals surface area contributed by atoms with Gasteiger partial charge in [-0.3, -0.25) is 9.59 Å². The lowest BCUT2D eigenvalue weighted by Crippen LogP contribution is -2.50. The summed E-state index contributed by atoms with van der Waals surface area (Å²) in [4.78, 5) is 29.5. The Morgan fingerprint density at radius 2 is 1.88 bits per heavy atom. The van der Waals surface area contributed by atoms with E-state index in [-0.39, 0.29) is 17.7 Å². The maximum absolute atomic E-state index is 14.1. The Hall–Kier alpha value is -3.75. The van der Waals surface area contributed by atoms with E-state index in [4.69, 9.17) is 11.6 Å². The lowest BCUT2D eigenvalue weighted by Gasteiger charge is -2.32. The van der Waals surface area contributed by atoms with E-state index in [1.54, 1.807) is 9.58 Å². The third-order valence-corrected chi connectivity index (χ3v) is 8.40.